The molecule has 0 saturated heterocycles. The van der Waals surface area contributed by atoms with Crippen molar-refractivity contribution in [2.24, 2.45) is 0 Å². The minimum Gasteiger partial charge on any atom is -0.382 e. The van der Waals surface area contributed by atoms with E-state index in [1.165, 1.54) is 18.3 Å². The molecule has 0 amide bonds. The zero-order chi connectivity index (χ0) is 9.14. The Morgan fingerprint density at radius 3 is 2.83 bits per heavy atom. The Labute approximate surface area is 74.8 Å². The molecule has 0 saturated carbocycles. The summed E-state index contributed by atoms with van der Waals surface area (Å²) in [4.78, 5) is 15.5. The van der Waals surface area contributed by atoms with Crippen molar-refractivity contribution >= 4 is 28.1 Å². The van der Waals surface area contributed by atoms with E-state index in [1.54, 1.807) is 0 Å². The fourth-order valence-electron chi connectivity index (χ4n) is 0.811. The largest absolute Gasteiger partial charge is 0.382 e. The Morgan fingerprint density at radius 2 is 2.42 bits per heavy atom. The minimum absolute atomic E-state index is 0.0332. The number of carbonyl (C=O) groups excluding carboxylic acids is 1. The second kappa shape index (κ2) is 3.53. The maximum Gasteiger partial charge on any atom is 0.185 e. The molecule has 0 unspecified atom stereocenters. The monoisotopic (exact) mass is 185 g/mol. The Balaban J connectivity index is 2.92. The van der Waals surface area contributed by atoms with Crippen molar-refractivity contribution in [1.29, 1.82) is 0 Å². The van der Waals surface area contributed by atoms with Crippen LogP contribution in [0, 0.1) is 0 Å². The number of ketones is 1. The first-order chi connectivity index (χ1) is 5.65. The van der Waals surface area contributed by atoms with Crippen molar-refractivity contribution < 1.29 is 4.79 Å². The quantitative estimate of drug-likeness (QED) is 0.698. The van der Waals surface area contributed by atoms with Gasteiger partial charge in [0, 0.05) is 13.5 Å². The molecule has 0 aliphatic heterocycles. The molecule has 1 heterocycles. The van der Waals surface area contributed by atoms with Crippen molar-refractivity contribution in [3.05, 3.63) is 4.88 Å². The van der Waals surface area contributed by atoms with Gasteiger partial charge in [-0.15, -0.1) is 0 Å². The lowest BCUT2D eigenvalue weighted by atomic mass is 10.4. The molecule has 1 aromatic heterocycles. The van der Waals surface area contributed by atoms with Crippen molar-refractivity contribution in [1.82, 2.24) is 4.98 Å². The third kappa shape index (κ3) is 1.73. The second-order valence-electron chi connectivity index (χ2n) is 2.32. The number of hydrogen-bond acceptors (Lipinski definition) is 5. The second-order valence-corrected chi connectivity index (χ2v) is 3.32. The molecule has 1 rings (SSSR count). The van der Waals surface area contributed by atoms with E-state index < -0.39 is 0 Å². The summed E-state index contributed by atoms with van der Waals surface area (Å²) in [5.74, 6) is 0.289. The third-order valence-corrected chi connectivity index (χ3v) is 2.43. The van der Waals surface area contributed by atoms with Crippen LogP contribution in [0.15, 0.2) is 0 Å². The highest BCUT2D eigenvalue weighted by molar-refractivity contribution is 7.18. The number of anilines is 2. The Bertz CT molecular complexity index is 295. The average molecular weight is 185 g/mol. The third-order valence-electron chi connectivity index (χ3n) is 1.30. The average Bonchev–Trinajstić information content (AvgIpc) is 2.32. The highest BCUT2D eigenvalue weighted by Gasteiger charge is 2.10. The van der Waals surface area contributed by atoms with Crippen LogP contribution in [-0.2, 0) is 0 Å². The van der Waals surface area contributed by atoms with Gasteiger partial charge in [-0.1, -0.05) is 11.3 Å². The molecule has 0 radical (unpaired) electrons. The van der Waals surface area contributed by atoms with E-state index >= 15 is 0 Å². The summed E-state index contributed by atoms with van der Waals surface area (Å²) in [6.45, 7) is 4.23. The van der Waals surface area contributed by atoms with E-state index in [0.717, 1.165) is 6.54 Å². The maximum atomic E-state index is 10.9. The summed E-state index contributed by atoms with van der Waals surface area (Å²) < 4.78 is 0. The van der Waals surface area contributed by atoms with E-state index in [2.05, 4.69) is 10.3 Å². The lowest BCUT2D eigenvalue weighted by Crippen LogP contribution is -1.96. The van der Waals surface area contributed by atoms with Gasteiger partial charge in [0.25, 0.3) is 0 Å². The van der Waals surface area contributed by atoms with Gasteiger partial charge < -0.3 is 11.1 Å². The predicted molar refractivity (Wildman–Crippen MR) is 50.7 cm³/mol. The summed E-state index contributed by atoms with van der Waals surface area (Å²) in [6.07, 6.45) is 0. The van der Waals surface area contributed by atoms with Crippen LogP contribution in [0.4, 0.5) is 10.9 Å². The van der Waals surface area contributed by atoms with Crippen molar-refractivity contribution in [3.63, 3.8) is 0 Å². The van der Waals surface area contributed by atoms with Crippen LogP contribution >= 0.6 is 11.3 Å². The lowest BCUT2D eigenvalue weighted by Gasteiger charge is -1.92. The number of carbonyl (C=O) groups is 1. The number of nitrogens with zero attached hydrogens (tertiary/aromatic N) is 1. The zero-order valence-corrected chi connectivity index (χ0v) is 7.86. The van der Waals surface area contributed by atoms with Gasteiger partial charge >= 0.3 is 0 Å². The highest BCUT2D eigenvalue weighted by Crippen LogP contribution is 2.24. The zero-order valence-electron chi connectivity index (χ0n) is 7.05. The number of hydrogen-bond donors (Lipinski definition) is 2. The molecule has 0 fully saturated rings. The van der Waals surface area contributed by atoms with Crippen molar-refractivity contribution in [2.75, 3.05) is 17.6 Å². The Hall–Kier alpha value is -1.10. The van der Waals surface area contributed by atoms with Crippen LogP contribution in [0.2, 0.25) is 0 Å². The first kappa shape index (κ1) is 8.99. The lowest BCUT2D eigenvalue weighted by molar-refractivity contribution is 0.102. The molecular formula is C7H11N3OS. The number of nitrogens with two attached hydrogens (primary N) is 1. The van der Waals surface area contributed by atoms with Gasteiger partial charge in [0.2, 0.25) is 0 Å². The maximum absolute atomic E-state index is 10.9. The fourth-order valence-corrected chi connectivity index (χ4v) is 1.66. The van der Waals surface area contributed by atoms with Crippen molar-refractivity contribution in [2.45, 2.75) is 13.8 Å². The van der Waals surface area contributed by atoms with E-state index in [-0.39, 0.29) is 5.78 Å². The number of nitrogen functional groups attached to an aromatic ring is 1. The molecule has 0 spiro atoms. The number of Topliss-reactive ketones (excluding diaryl/α,β-unsaturated/α-hetero) is 1. The molecule has 0 bridgehead atoms. The molecule has 5 heteroatoms. The van der Waals surface area contributed by atoms with Gasteiger partial charge in [-0.05, 0) is 6.92 Å². The molecule has 3 N–H and O–H groups in total. The topological polar surface area (TPSA) is 68.0 Å². The molecule has 0 aliphatic carbocycles. The Kier molecular flexibility index (Phi) is 2.65. The summed E-state index contributed by atoms with van der Waals surface area (Å²) in [5.41, 5.74) is 5.51. The van der Waals surface area contributed by atoms with Crippen LogP contribution in [0.3, 0.4) is 0 Å². The first-order valence-electron chi connectivity index (χ1n) is 3.66. The minimum atomic E-state index is -0.0332. The van der Waals surface area contributed by atoms with Crippen LogP contribution in [0.1, 0.15) is 23.5 Å². The molecule has 66 valence electrons. The fraction of sp³-hybridized carbons (Fsp3) is 0.429. The number of thiazole rings is 1. The van der Waals surface area contributed by atoms with Crippen LogP contribution < -0.4 is 11.1 Å². The Morgan fingerprint density at radius 1 is 1.75 bits per heavy atom. The van der Waals surface area contributed by atoms with Crippen LogP contribution in [-0.4, -0.2) is 17.3 Å². The van der Waals surface area contributed by atoms with Gasteiger partial charge in [0.05, 0.1) is 0 Å². The molecule has 0 aromatic carbocycles. The smallest absolute Gasteiger partial charge is 0.185 e. The molecule has 0 atom stereocenters. The number of rotatable bonds is 3. The normalized spacial score (nSPS) is 9.83. The molecule has 12 heavy (non-hydrogen) atoms. The summed E-state index contributed by atoms with van der Waals surface area (Å²) >= 11 is 1.30. The van der Waals surface area contributed by atoms with E-state index in [0.29, 0.717) is 15.8 Å². The van der Waals surface area contributed by atoms with E-state index in [4.69, 9.17) is 5.73 Å². The van der Waals surface area contributed by atoms with E-state index in [9.17, 15) is 4.79 Å². The standard InChI is InChI=1S/C7H11N3OS/c1-3-9-7-10-6(8)5(12-7)4(2)11/h3,8H2,1-2H3,(H,9,10). The van der Waals surface area contributed by atoms with Gasteiger partial charge in [0.15, 0.2) is 10.9 Å². The highest BCUT2D eigenvalue weighted by atomic mass is 32.1. The summed E-state index contributed by atoms with van der Waals surface area (Å²) in [5, 5.41) is 3.71. The van der Waals surface area contributed by atoms with Gasteiger partial charge in [-0.3, -0.25) is 4.79 Å². The van der Waals surface area contributed by atoms with Gasteiger partial charge in [-0.25, -0.2) is 4.98 Å². The SMILES string of the molecule is CCNc1nc(N)c(C(C)=O)s1. The van der Waals surface area contributed by atoms with Crippen molar-refractivity contribution in [3.8, 4) is 0 Å². The van der Waals surface area contributed by atoms with E-state index in [1.807, 2.05) is 6.92 Å². The van der Waals surface area contributed by atoms with Gasteiger partial charge in [0.1, 0.15) is 10.7 Å². The molecule has 4 nitrogen and oxygen atoms in total. The van der Waals surface area contributed by atoms with Gasteiger partial charge in [-0.2, -0.15) is 0 Å². The first-order valence-corrected chi connectivity index (χ1v) is 4.48. The number of nitrogens with one attached hydrogen (secondary N) is 1. The molecular weight excluding hydrogens is 174 g/mol. The molecule has 0 aliphatic rings. The summed E-state index contributed by atoms with van der Waals surface area (Å²) in [7, 11) is 0. The predicted octanol–water partition coefficient (Wildman–Crippen LogP) is 1.36. The van der Waals surface area contributed by atoms with Crippen LogP contribution in [0.25, 0.3) is 0 Å². The molecule has 1 aromatic rings. The summed E-state index contributed by atoms with van der Waals surface area (Å²) in [6, 6.07) is 0. The van der Waals surface area contributed by atoms with Crippen LogP contribution in [0.5, 0.6) is 0 Å². The number of aromatic nitrogens is 1.